The van der Waals surface area contributed by atoms with Crippen LogP contribution in [-0.2, 0) is 16.0 Å². The van der Waals surface area contributed by atoms with Gasteiger partial charge in [-0.2, -0.15) is 0 Å². The van der Waals surface area contributed by atoms with Gasteiger partial charge in [-0.3, -0.25) is 9.78 Å². The summed E-state index contributed by atoms with van der Waals surface area (Å²) in [6.45, 7) is 1.25. The zero-order valence-electron chi connectivity index (χ0n) is 12.2. The molecule has 2 amide bonds. The fourth-order valence-electron chi connectivity index (χ4n) is 2.44. The van der Waals surface area contributed by atoms with Gasteiger partial charge in [0, 0.05) is 37.9 Å². The van der Waals surface area contributed by atoms with Crippen molar-refractivity contribution in [2.24, 2.45) is 0 Å². The van der Waals surface area contributed by atoms with E-state index in [9.17, 15) is 9.59 Å². The third-order valence-electron chi connectivity index (χ3n) is 3.68. The van der Waals surface area contributed by atoms with E-state index < -0.39 is 0 Å². The van der Waals surface area contributed by atoms with Gasteiger partial charge >= 0.3 is 6.09 Å². The van der Waals surface area contributed by atoms with Crippen molar-refractivity contribution in [3.05, 3.63) is 30.1 Å². The zero-order chi connectivity index (χ0) is 15.1. The van der Waals surface area contributed by atoms with Crippen molar-refractivity contribution in [3.63, 3.8) is 0 Å². The summed E-state index contributed by atoms with van der Waals surface area (Å²) >= 11 is 0. The summed E-state index contributed by atoms with van der Waals surface area (Å²) in [7, 11) is 1.38. The number of aromatic nitrogens is 1. The summed E-state index contributed by atoms with van der Waals surface area (Å²) < 4.78 is 4.69. The number of amides is 2. The first-order valence-corrected chi connectivity index (χ1v) is 7.20. The molecule has 1 fully saturated rings. The van der Waals surface area contributed by atoms with Crippen molar-refractivity contribution in [1.29, 1.82) is 0 Å². The van der Waals surface area contributed by atoms with E-state index in [1.807, 2.05) is 12.1 Å². The van der Waals surface area contributed by atoms with Gasteiger partial charge in [0.25, 0.3) is 0 Å². The van der Waals surface area contributed by atoms with E-state index in [1.54, 1.807) is 17.3 Å². The number of hydrogen-bond donors (Lipinski definition) is 1. The van der Waals surface area contributed by atoms with Crippen LogP contribution in [-0.4, -0.2) is 48.1 Å². The number of ether oxygens (including phenoxy) is 1. The summed E-state index contributed by atoms with van der Waals surface area (Å²) in [6.07, 6.45) is 5.91. The molecule has 0 radical (unpaired) electrons. The first-order chi connectivity index (χ1) is 10.2. The van der Waals surface area contributed by atoms with Crippen LogP contribution in [0.15, 0.2) is 24.5 Å². The summed E-state index contributed by atoms with van der Waals surface area (Å²) in [5.41, 5.74) is 1.11. The summed E-state index contributed by atoms with van der Waals surface area (Å²) in [5, 5.41) is 3.03. The molecule has 0 saturated carbocycles. The van der Waals surface area contributed by atoms with E-state index in [-0.39, 0.29) is 18.0 Å². The Hall–Kier alpha value is -2.11. The lowest BCUT2D eigenvalue weighted by Crippen LogP contribution is -2.46. The van der Waals surface area contributed by atoms with Gasteiger partial charge in [0.15, 0.2) is 0 Å². The first kappa shape index (κ1) is 15.3. The Morgan fingerprint density at radius 1 is 1.33 bits per heavy atom. The molecule has 1 aromatic heterocycles. The Kier molecular flexibility index (Phi) is 5.54. The Morgan fingerprint density at radius 2 is 2.00 bits per heavy atom. The molecule has 1 aliphatic rings. The number of carbonyl (C=O) groups is 2. The minimum absolute atomic E-state index is 0.0586. The van der Waals surface area contributed by atoms with Gasteiger partial charge in [-0.25, -0.2) is 4.79 Å². The lowest BCUT2D eigenvalue weighted by molar-refractivity contribution is -0.122. The minimum atomic E-state index is -0.294. The number of methoxy groups -OCH3 is 1. The third kappa shape index (κ3) is 4.73. The van der Waals surface area contributed by atoms with Crippen molar-refractivity contribution in [1.82, 2.24) is 15.2 Å². The highest BCUT2D eigenvalue weighted by atomic mass is 16.5. The van der Waals surface area contributed by atoms with E-state index in [4.69, 9.17) is 0 Å². The lowest BCUT2D eigenvalue weighted by atomic mass is 10.0. The van der Waals surface area contributed by atoms with Gasteiger partial charge in [0.05, 0.1) is 7.11 Å². The highest BCUT2D eigenvalue weighted by Crippen LogP contribution is 2.11. The molecule has 0 aromatic carbocycles. The number of pyridine rings is 1. The van der Waals surface area contributed by atoms with Crippen LogP contribution in [0.2, 0.25) is 0 Å². The molecule has 21 heavy (non-hydrogen) atoms. The lowest BCUT2D eigenvalue weighted by Gasteiger charge is -2.31. The second-order valence-corrected chi connectivity index (χ2v) is 5.15. The number of likely N-dealkylation sites (tertiary alicyclic amines) is 1. The van der Waals surface area contributed by atoms with Gasteiger partial charge in [0.1, 0.15) is 0 Å². The van der Waals surface area contributed by atoms with Gasteiger partial charge in [-0.1, -0.05) is 0 Å². The molecular weight excluding hydrogens is 270 g/mol. The third-order valence-corrected chi connectivity index (χ3v) is 3.68. The SMILES string of the molecule is COC(=O)N1CCC(NC(=O)CCc2ccncc2)CC1. The molecule has 2 heterocycles. The van der Waals surface area contributed by atoms with Gasteiger partial charge in [0.2, 0.25) is 5.91 Å². The molecule has 1 aliphatic heterocycles. The Morgan fingerprint density at radius 3 is 2.62 bits per heavy atom. The van der Waals surface area contributed by atoms with Crippen LogP contribution in [0.25, 0.3) is 0 Å². The molecule has 6 nitrogen and oxygen atoms in total. The highest BCUT2D eigenvalue weighted by molar-refractivity contribution is 5.76. The molecular formula is C15H21N3O3. The predicted octanol–water partition coefficient (Wildman–Crippen LogP) is 1.36. The molecule has 2 rings (SSSR count). The van der Waals surface area contributed by atoms with Gasteiger partial charge in [-0.05, 0) is 37.0 Å². The maximum Gasteiger partial charge on any atom is 0.409 e. The standard InChI is InChI=1S/C15H21N3O3/c1-21-15(20)18-10-6-13(7-11-18)17-14(19)3-2-12-4-8-16-9-5-12/h4-5,8-9,13H,2-3,6-7,10-11H2,1H3,(H,17,19). The monoisotopic (exact) mass is 291 g/mol. The Bertz CT molecular complexity index is 470. The van der Waals surface area contributed by atoms with Crippen molar-refractivity contribution < 1.29 is 14.3 Å². The smallest absolute Gasteiger partial charge is 0.409 e. The quantitative estimate of drug-likeness (QED) is 0.909. The number of aryl methyl sites for hydroxylation is 1. The van der Waals surface area contributed by atoms with Crippen molar-refractivity contribution in [2.75, 3.05) is 20.2 Å². The van der Waals surface area contributed by atoms with Crippen LogP contribution in [0.1, 0.15) is 24.8 Å². The summed E-state index contributed by atoms with van der Waals surface area (Å²) in [5.74, 6) is 0.0586. The maximum absolute atomic E-state index is 11.9. The molecule has 1 saturated heterocycles. The van der Waals surface area contributed by atoms with Crippen LogP contribution in [0.5, 0.6) is 0 Å². The normalized spacial score (nSPS) is 15.6. The van der Waals surface area contributed by atoms with Crippen LogP contribution in [0.4, 0.5) is 4.79 Å². The number of rotatable bonds is 4. The molecule has 6 heteroatoms. The van der Waals surface area contributed by atoms with Crippen molar-refractivity contribution in [2.45, 2.75) is 31.7 Å². The molecule has 0 atom stereocenters. The van der Waals surface area contributed by atoms with E-state index in [0.717, 1.165) is 24.8 Å². The second-order valence-electron chi connectivity index (χ2n) is 5.15. The predicted molar refractivity (Wildman–Crippen MR) is 77.7 cm³/mol. The molecule has 1 aromatic rings. The molecule has 1 N–H and O–H groups in total. The van der Waals surface area contributed by atoms with Crippen molar-refractivity contribution in [3.8, 4) is 0 Å². The first-order valence-electron chi connectivity index (χ1n) is 7.20. The average Bonchev–Trinajstić information content (AvgIpc) is 2.54. The minimum Gasteiger partial charge on any atom is -0.453 e. The average molecular weight is 291 g/mol. The fourth-order valence-corrected chi connectivity index (χ4v) is 2.44. The van der Waals surface area contributed by atoms with E-state index >= 15 is 0 Å². The Balaban J connectivity index is 1.68. The van der Waals surface area contributed by atoms with Crippen LogP contribution in [0, 0.1) is 0 Å². The van der Waals surface area contributed by atoms with E-state index in [1.165, 1.54) is 7.11 Å². The topological polar surface area (TPSA) is 71.5 Å². The molecule has 0 aliphatic carbocycles. The zero-order valence-corrected chi connectivity index (χ0v) is 12.2. The second kappa shape index (κ2) is 7.61. The molecule has 114 valence electrons. The molecule has 0 unspecified atom stereocenters. The maximum atomic E-state index is 11.9. The van der Waals surface area contributed by atoms with E-state index in [2.05, 4.69) is 15.0 Å². The van der Waals surface area contributed by atoms with Crippen LogP contribution >= 0.6 is 0 Å². The number of carbonyl (C=O) groups excluding carboxylic acids is 2. The number of nitrogens with zero attached hydrogens (tertiary/aromatic N) is 2. The number of nitrogens with one attached hydrogen (secondary N) is 1. The van der Waals surface area contributed by atoms with Crippen LogP contribution < -0.4 is 5.32 Å². The largest absolute Gasteiger partial charge is 0.453 e. The highest BCUT2D eigenvalue weighted by Gasteiger charge is 2.23. The number of piperidine rings is 1. The molecule has 0 spiro atoms. The molecule has 0 bridgehead atoms. The van der Waals surface area contributed by atoms with E-state index in [0.29, 0.717) is 19.5 Å². The fraction of sp³-hybridized carbons (Fsp3) is 0.533. The van der Waals surface area contributed by atoms with Crippen molar-refractivity contribution >= 4 is 12.0 Å². The number of hydrogen-bond acceptors (Lipinski definition) is 4. The van der Waals surface area contributed by atoms with Gasteiger partial charge in [-0.15, -0.1) is 0 Å². The summed E-state index contributed by atoms with van der Waals surface area (Å²) in [6, 6.07) is 3.99. The van der Waals surface area contributed by atoms with Crippen LogP contribution in [0.3, 0.4) is 0 Å². The Labute approximate surface area is 124 Å². The summed E-state index contributed by atoms with van der Waals surface area (Å²) in [4.78, 5) is 28.9. The van der Waals surface area contributed by atoms with Gasteiger partial charge < -0.3 is 15.0 Å².